The van der Waals surface area contributed by atoms with Crippen LogP contribution in [0.4, 0.5) is 0 Å². The Kier molecular flexibility index (Phi) is 9.27. The molecule has 10 nitrogen and oxygen atoms in total. The predicted molar refractivity (Wildman–Crippen MR) is 103 cm³/mol. The van der Waals surface area contributed by atoms with Crippen LogP contribution in [0.1, 0.15) is 26.3 Å². The van der Waals surface area contributed by atoms with Crippen LogP contribution in [0.15, 0.2) is 30.3 Å². The average Bonchev–Trinajstić information content (AvgIpc) is 2.61. The molecule has 0 bridgehead atoms. The van der Waals surface area contributed by atoms with Crippen LogP contribution in [0.5, 0.6) is 0 Å². The standard InChI is InChI=1S/C17H27N4O6P/c1-11(19-15(22)10-18-9-14-7-5-4-6-8-14)16(23)20-12(2)17(24)21-13(3)28(25,26)27/h4-8,11-13,18H,9-10H2,1-3H3,(H,19,22)(H,20,23)(H,21,24)(H2,25,26,27)/t11-,12-,13+/m0/s1. The average molecular weight is 414 g/mol. The second kappa shape index (κ2) is 10.9. The van der Waals surface area contributed by atoms with Crippen molar-refractivity contribution in [2.24, 2.45) is 0 Å². The van der Waals surface area contributed by atoms with E-state index in [1.807, 2.05) is 30.3 Å². The van der Waals surface area contributed by atoms with E-state index in [9.17, 15) is 18.9 Å². The first kappa shape index (κ1) is 23.8. The van der Waals surface area contributed by atoms with Crippen molar-refractivity contribution in [3.05, 3.63) is 35.9 Å². The summed E-state index contributed by atoms with van der Waals surface area (Å²) >= 11 is 0. The summed E-state index contributed by atoms with van der Waals surface area (Å²) in [6.07, 6.45) is 0. The van der Waals surface area contributed by atoms with Crippen molar-refractivity contribution < 1.29 is 28.7 Å². The zero-order chi connectivity index (χ0) is 21.3. The zero-order valence-electron chi connectivity index (χ0n) is 16.0. The lowest BCUT2D eigenvalue weighted by Gasteiger charge is -2.21. The smallest absolute Gasteiger partial charge is 0.343 e. The number of carbonyl (C=O) groups excluding carboxylic acids is 3. The lowest BCUT2D eigenvalue weighted by Crippen LogP contribution is -2.53. The molecule has 0 radical (unpaired) electrons. The molecule has 28 heavy (non-hydrogen) atoms. The van der Waals surface area contributed by atoms with Gasteiger partial charge in [0.05, 0.1) is 6.54 Å². The maximum atomic E-state index is 12.1. The first-order chi connectivity index (χ1) is 13.0. The fourth-order valence-corrected chi connectivity index (χ4v) is 2.39. The normalized spacial score (nSPS) is 14.5. The minimum absolute atomic E-state index is 0.0162. The first-order valence-electron chi connectivity index (χ1n) is 8.70. The molecule has 3 atom stereocenters. The molecule has 0 aliphatic heterocycles. The molecule has 1 aromatic carbocycles. The fraction of sp³-hybridized carbons (Fsp3) is 0.471. The largest absolute Gasteiger partial charge is 0.347 e. The highest BCUT2D eigenvalue weighted by molar-refractivity contribution is 7.52. The number of hydrogen-bond acceptors (Lipinski definition) is 5. The summed E-state index contributed by atoms with van der Waals surface area (Å²) in [6, 6.07) is 7.59. The third-order valence-electron chi connectivity index (χ3n) is 3.84. The van der Waals surface area contributed by atoms with Crippen LogP contribution in [0.25, 0.3) is 0 Å². The quantitative estimate of drug-likeness (QED) is 0.280. The summed E-state index contributed by atoms with van der Waals surface area (Å²) in [6.45, 7) is 4.52. The van der Waals surface area contributed by atoms with Gasteiger partial charge in [-0.25, -0.2) is 0 Å². The lowest BCUT2D eigenvalue weighted by molar-refractivity contribution is -0.131. The summed E-state index contributed by atoms with van der Waals surface area (Å²) < 4.78 is 11.1. The summed E-state index contributed by atoms with van der Waals surface area (Å²) in [5.41, 5.74) is 1.02. The van der Waals surface area contributed by atoms with E-state index in [0.717, 1.165) is 5.56 Å². The summed E-state index contributed by atoms with van der Waals surface area (Å²) in [5, 5.41) is 9.98. The number of nitrogens with one attached hydrogen (secondary N) is 4. The van der Waals surface area contributed by atoms with Crippen molar-refractivity contribution in [3.63, 3.8) is 0 Å². The molecular weight excluding hydrogens is 387 g/mol. The highest BCUT2D eigenvalue weighted by atomic mass is 31.2. The summed E-state index contributed by atoms with van der Waals surface area (Å²) in [5.74, 6) is -3.09. The Balaban J connectivity index is 2.37. The Morgan fingerprint density at radius 3 is 2.04 bits per heavy atom. The number of amides is 3. The Labute approximate surface area is 163 Å². The molecule has 0 heterocycles. The number of rotatable bonds is 10. The van der Waals surface area contributed by atoms with E-state index in [0.29, 0.717) is 6.54 Å². The third kappa shape index (κ3) is 8.62. The van der Waals surface area contributed by atoms with E-state index >= 15 is 0 Å². The van der Waals surface area contributed by atoms with Gasteiger partial charge in [0, 0.05) is 6.54 Å². The van der Waals surface area contributed by atoms with Crippen LogP contribution < -0.4 is 21.3 Å². The van der Waals surface area contributed by atoms with Gasteiger partial charge in [0.25, 0.3) is 0 Å². The van der Waals surface area contributed by atoms with Gasteiger partial charge in [0.15, 0.2) is 0 Å². The Bertz CT molecular complexity index is 724. The molecule has 1 rings (SSSR count). The van der Waals surface area contributed by atoms with Crippen LogP contribution in [0.2, 0.25) is 0 Å². The van der Waals surface area contributed by atoms with E-state index in [-0.39, 0.29) is 12.5 Å². The van der Waals surface area contributed by atoms with E-state index in [1.54, 1.807) is 0 Å². The molecule has 0 fully saturated rings. The summed E-state index contributed by atoms with van der Waals surface area (Å²) in [7, 11) is -4.46. The van der Waals surface area contributed by atoms with Gasteiger partial charge in [-0.1, -0.05) is 30.3 Å². The van der Waals surface area contributed by atoms with Gasteiger partial charge in [0.2, 0.25) is 17.7 Å². The highest BCUT2D eigenvalue weighted by Gasteiger charge is 2.28. The molecule has 6 N–H and O–H groups in total. The van der Waals surface area contributed by atoms with Crippen LogP contribution in [-0.4, -0.2) is 51.9 Å². The summed E-state index contributed by atoms with van der Waals surface area (Å²) in [4.78, 5) is 53.9. The minimum atomic E-state index is -4.46. The van der Waals surface area contributed by atoms with Crippen molar-refractivity contribution in [2.45, 2.75) is 45.2 Å². The van der Waals surface area contributed by atoms with Crippen molar-refractivity contribution in [2.75, 3.05) is 6.54 Å². The molecule has 0 saturated carbocycles. The Hall–Kier alpha value is -2.26. The molecule has 1 aromatic rings. The maximum Gasteiger partial charge on any atom is 0.347 e. The van der Waals surface area contributed by atoms with E-state index in [2.05, 4.69) is 21.3 Å². The van der Waals surface area contributed by atoms with Crippen molar-refractivity contribution in [1.82, 2.24) is 21.3 Å². The molecular formula is C17H27N4O6P. The molecule has 11 heteroatoms. The monoisotopic (exact) mass is 414 g/mol. The van der Waals surface area contributed by atoms with Crippen LogP contribution >= 0.6 is 7.60 Å². The van der Waals surface area contributed by atoms with Crippen molar-refractivity contribution in [3.8, 4) is 0 Å². The van der Waals surface area contributed by atoms with Crippen LogP contribution in [0, 0.1) is 0 Å². The van der Waals surface area contributed by atoms with Crippen LogP contribution in [-0.2, 0) is 25.5 Å². The minimum Gasteiger partial charge on any atom is -0.343 e. The molecule has 0 aromatic heterocycles. The Morgan fingerprint density at radius 2 is 1.46 bits per heavy atom. The maximum absolute atomic E-state index is 12.1. The lowest BCUT2D eigenvalue weighted by atomic mass is 10.2. The molecule has 0 unspecified atom stereocenters. The third-order valence-corrected chi connectivity index (χ3v) is 4.97. The molecule has 0 aliphatic carbocycles. The van der Waals surface area contributed by atoms with Crippen molar-refractivity contribution in [1.29, 1.82) is 0 Å². The van der Waals surface area contributed by atoms with Gasteiger partial charge in [-0.15, -0.1) is 0 Å². The number of hydrogen-bond donors (Lipinski definition) is 6. The van der Waals surface area contributed by atoms with E-state index < -0.39 is 37.3 Å². The molecule has 0 aliphatic rings. The van der Waals surface area contributed by atoms with Gasteiger partial charge in [-0.2, -0.15) is 0 Å². The highest BCUT2D eigenvalue weighted by Crippen LogP contribution is 2.39. The molecule has 0 saturated heterocycles. The number of benzene rings is 1. The zero-order valence-corrected chi connectivity index (χ0v) is 16.9. The molecule has 156 valence electrons. The van der Waals surface area contributed by atoms with Gasteiger partial charge >= 0.3 is 7.60 Å². The topological polar surface area (TPSA) is 157 Å². The number of carbonyl (C=O) groups is 3. The molecule has 0 spiro atoms. The van der Waals surface area contributed by atoms with Gasteiger partial charge < -0.3 is 31.1 Å². The second-order valence-corrected chi connectivity index (χ2v) is 8.34. The van der Waals surface area contributed by atoms with E-state index in [4.69, 9.17) is 9.79 Å². The Morgan fingerprint density at radius 1 is 0.929 bits per heavy atom. The fourth-order valence-electron chi connectivity index (χ4n) is 2.09. The van der Waals surface area contributed by atoms with E-state index in [1.165, 1.54) is 20.8 Å². The SMILES string of the molecule is C[C@H](NC(=O)CNCc1ccccc1)C(=O)N[C@@H](C)C(=O)N[C@@H](C)P(=O)(O)O. The second-order valence-electron chi connectivity index (χ2n) is 6.38. The van der Waals surface area contributed by atoms with Gasteiger partial charge in [-0.05, 0) is 26.3 Å². The molecule has 3 amide bonds. The van der Waals surface area contributed by atoms with Gasteiger partial charge in [-0.3, -0.25) is 18.9 Å². The van der Waals surface area contributed by atoms with Crippen LogP contribution in [0.3, 0.4) is 0 Å². The first-order valence-corrected chi connectivity index (χ1v) is 10.4. The van der Waals surface area contributed by atoms with Crippen molar-refractivity contribution >= 4 is 25.3 Å². The predicted octanol–water partition coefficient (Wildman–Crippen LogP) is -0.574. The van der Waals surface area contributed by atoms with Gasteiger partial charge in [0.1, 0.15) is 17.9 Å².